The molecule has 0 amide bonds. The molecule has 2 aliphatic heterocycles. The first kappa shape index (κ1) is 21.8. The molecule has 0 radical (unpaired) electrons. The molecular formula is C38H25NO. The van der Waals surface area contributed by atoms with E-state index < -0.39 is 5.41 Å². The number of rotatable bonds is 1. The fraction of sp³-hybridized carbons (Fsp3) is 0.0526. The van der Waals surface area contributed by atoms with Crippen LogP contribution in [-0.2, 0) is 11.8 Å². The van der Waals surface area contributed by atoms with Crippen LogP contribution < -0.4 is 9.64 Å². The van der Waals surface area contributed by atoms with E-state index in [0.717, 1.165) is 23.6 Å². The molecule has 2 heteroatoms. The first-order valence-corrected chi connectivity index (χ1v) is 13.9. The Morgan fingerprint density at radius 3 is 1.88 bits per heavy atom. The lowest BCUT2D eigenvalue weighted by molar-refractivity contribution is 0.434. The average Bonchev–Trinajstić information content (AvgIpc) is 3.38. The van der Waals surface area contributed by atoms with Crippen LogP contribution in [0.5, 0.6) is 11.5 Å². The van der Waals surface area contributed by atoms with Crippen LogP contribution in [0.4, 0.5) is 17.1 Å². The van der Waals surface area contributed by atoms with Crippen LogP contribution in [0.1, 0.15) is 33.4 Å². The lowest BCUT2D eigenvalue weighted by Crippen LogP contribution is -2.39. The zero-order valence-corrected chi connectivity index (χ0v) is 21.8. The molecule has 0 unspecified atom stereocenters. The number of benzene rings is 6. The lowest BCUT2D eigenvalue weighted by atomic mass is 9.61. The second kappa shape index (κ2) is 7.97. The van der Waals surface area contributed by atoms with Crippen molar-refractivity contribution in [2.45, 2.75) is 11.8 Å². The number of fused-ring (bicyclic) bond motifs is 11. The van der Waals surface area contributed by atoms with E-state index in [1.165, 1.54) is 55.9 Å². The van der Waals surface area contributed by atoms with Gasteiger partial charge >= 0.3 is 0 Å². The summed E-state index contributed by atoms with van der Waals surface area (Å²) < 4.78 is 6.77. The Hall–Kier alpha value is -5.08. The van der Waals surface area contributed by atoms with Gasteiger partial charge in [0.25, 0.3) is 0 Å². The molecule has 3 aliphatic rings. The van der Waals surface area contributed by atoms with Crippen LogP contribution in [0.2, 0.25) is 0 Å². The predicted molar refractivity (Wildman–Crippen MR) is 161 cm³/mol. The maximum Gasteiger partial charge on any atom is 0.132 e. The van der Waals surface area contributed by atoms with Crippen molar-refractivity contribution in [2.75, 3.05) is 4.90 Å². The predicted octanol–water partition coefficient (Wildman–Crippen LogP) is 9.53. The molecule has 0 saturated heterocycles. The highest BCUT2D eigenvalue weighted by molar-refractivity contribution is 5.91. The Bertz CT molecular complexity index is 1920. The van der Waals surface area contributed by atoms with Crippen molar-refractivity contribution in [3.63, 3.8) is 0 Å². The molecule has 1 spiro atoms. The van der Waals surface area contributed by atoms with Gasteiger partial charge in [0.05, 0.1) is 16.8 Å². The van der Waals surface area contributed by atoms with E-state index in [-0.39, 0.29) is 0 Å². The van der Waals surface area contributed by atoms with Gasteiger partial charge in [-0.25, -0.2) is 0 Å². The maximum absolute atomic E-state index is 6.77. The van der Waals surface area contributed by atoms with Crippen molar-refractivity contribution < 1.29 is 4.74 Å². The molecule has 0 fully saturated rings. The molecule has 6 aromatic rings. The Kier molecular flexibility index (Phi) is 4.34. The van der Waals surface area contributed by atoms with E-state index in [0.29, 0.717) is 0 Å². The van der Waals surface area contributed by atoms with Gasteiger partial charge in [-0.05, 0) is 82.3 Å². The molecule has 188 valence electrons. The summed E-state index contributed by atoms with van der Waals surface area (Å²) in [6, 6.07) is 50.6. The summed E-state index contributed by atoms with van der Waals surface area (Å²) in [5.41, 5.74) is 13.3. The van der Waals surface area contributed by atoms with E-state index in [1.54, 1.807) is 0 Å². The molecule has 0 saturated carbocycles. The summed E-state index contributed by atoms with van der Waals surface area (Å²) in [6.07, 6.45) is 0.940. The molecule has 6 aromatic carbocycles. The number of nitrogens with zero attached hydrogens (tertiary/aromatic N) is 1. The number of anilines is 3. The van der Waals surface area contributed by atoms with Crippen molar-refractivity contribution in [2.24, 2.45) is 0 Å². The van der Waals surface area contributed by atoms with E-state index in [1.807, 2.05) is 0 Å². The molecule has 0 N–H and O–H groups in total. The second-order valence-corrected chi connectivity index (χ2v) is 10.9. The van der Waals surface area contributed by atoms with Gasteiger partial charge < -0.3 is 9.64 Å². The minimum Gasteiger partial charge on any atom is -0.457 e. The van der Waals surface area contributed by atoms with Gasteiger partial charge in [-0.1, -0.05) is 97.1 Å². The van der Waals surface area contributed by atoms with Crippen molar-refractivity contribution in [3.05, 3.63) is 173 Å². The molecule has 40 heavy (non-hydrogen) atoms. The molecule has 0 aromatic heterocycles. The summed E-state index contributed by atoms with van der Waals surface area (Å²) in [5, 5.41) is 0. The van der Waals surface area contributed by atoms with Crippen LogP contribution in [-0.4, -0.2) is 0 Å². The highest BCUT2D eigenvalue weighted by Gasteiger charge is 2.51. The zero-order valence-electron chi connectivity index (χ0n) is 21.8. The fourth-order valence-corrected chi connectivity index (χ4v) is 7.35. The van der Waals surface area contributed by atoms with Gasteiger partial charge in [-0.3, -0.25) is 0 Å². The van der Waals surface area contributed by atoms with Gasteiger partial charge in [-0.15, -0.1) is 0 Å². The van der Waals surface area contributed by atoms with E-state index in [9.17, 15) is 0 Å². The zero-order chi connectivity index (χ0) is 26.3. The lowest BCUT2D eigenvalue weighted by Gasteiger charge is -2.48. The molecule has 9 rings (SSSR count). The Balaban J connectivity index is 1.42. The summed E-state index contributed by atoms with van der Waals surface area (Å²) in [4.78, 5) is 2.41. The second-order valence-electron chi connectivity index (χ2n) is 10.9. The van der Waals surface area contributed by atoms with Crippen molar-refractivity contribution >= 4 is 17.1 Å². The fourth-order valence-electron chi connectivity index (χ4n) is 7.35. The minimum absolute atomic E-state index is 0.521. The maximum atomic E-state index is 6.77. The third kappa shape index (κ3) is 2.73. The third-order valence-electron chi connectivity index (χ3n) is 8.92. The number of ether oxygens (including phenoxy) is 1. The van der Waals surface area contributed by atoms with Gasteiger partial charge in [0.2, 0.25) is 0 Å². The molecule has 2 heterocycles. The standard InChI is InChI=1S/C38H25NO/c1-2-13-27(14-3-1)39-34-19-9-6-16-30(34)38(31-17-7-10-20-35(31)39)32-18-8-11-21-36(32)40-37-24-29-26(23-33(37)38)22-25-12-4-5-15-28(25)29/h1-21,23-24H,22H2. The third-order valence-corrected chi connectivity index (χ3v) is 8.92. The Morgan fingerprint density at radius 2 is 1.10 bits per heavy atom. The molecule has 0 bridgehead atoms. The largest absolute Gasteiger partial charge is 0.457 e. The SMILES string of the molecule is c1ccc(N2c3ccccc3C3(c4ccccc4Oc4cc5c(cc43)Cc3ccccc3-5)c3ccccc32)cc1. The van der Waals surface area contributed by atoms with Gasteiger partial charge in [0, 0.05) is 16.8 Å². The van der Waals surface area contributed by atoms with Crippen LogP contribution >= 0.6 is 0 Å². The number of hydrogen-bond acceptors (Lipinski definition) is 2. The topological polar surface area (TPSA) is 12.5 Å². The highest BCUT2D eigenvalue weighted by Crippen LogP contribution is 2.63. The normalized spacial score (nSPS) is 14.8. The smallest absolute Gasteiger partial charge is 0.132 e. The Labute approximate surface area is 233 Å². The molecule has 2 nitrogen and oxygen atoms in total. The number of hydrogen-bond donors (Lipinski definition) is 0. The summed E-state index contributed by atoms with van der Waals surface area (Å²) in [5.74, 6) is 1.85. The average molecular weight is 512 g/mol. The van der Waals surface area contributed by atoms with Crippen LogP contribution in [0.3, 0.4) is 0 Å². The van der Waals surface area contributed by atoms with Crippen molar-refractivity contribution in [1.82, 2.24) is 0 Å². The van der Waals surface area contributed by atoms with Crippen molar-refractivity contribution in [3.8, 4) is 22.6 Å². The van der Waals surface area contributed by atoms with Crippen LogP contribution in [0, 0.1) is 0 Å². The quantitative estimate of drug-likeness (QED) is 0.218. The van der Waals surface area contributed by atoms with Gasteiger partial charge in [0.15, 0.2) is 0 Å². The molecular weight excluding hydrogens is 486 g/mol. The number of para-hydroxylation sites is 4. The molecule has 0 atom stereocenters. The summed E-state index contributed by atoms with van der Waals surface area (Å²) in [6.45, 7) is 0. The summed E-state index contributed by atoms with van der Waals surface area (Å²) >= 11 is 0. The van der Waals surface area contributed by atoms with Gasteiger partial charge in [-0.2, -0.15) is 0 Å². The van der Waals surface area contributed by atoms with Crippen molar-refractivity contribution in [1.29, 1.82) is 0 Å². The monoisotopic (exact) mass is 511 g/mol. The van der Waals surface area contributed by atoms with Gasteiger partial charge in [0.1, 0.15) is 11.5 Å². The van der Waals surface area contributed by atoms with E-state index in [2.05, 4.69) is 144 Å². The van der Waals surface area contributed by atoms with Crippen LogP contribution in [0.25, 0.3) is 11.1 Å². The van der Waals surface area contributed by atoms with E-state index >= 15 is 0 Å². The molecule has 1 aliphatic carbocycles. The van der Waals surface area contributed by atoms with E-state index in [4.69, 9.17) is 4.74 Å². The summed E-state index contributed by atoms with van der Waals surface area (Å²) in [7, 11) is 0. The minimum atomic E-state index is -0.521. The first-order valence-electron chi connectivity index (χ1n) is 13.9. The Morgan fingerprint density at radius 1 is 0.475 bits per heavy atom. The highest BCUT2D eigenvalue weighted by atomic mass is 16.5. The van der Waals surface area contributed by atoms with Crippen LogP contribution in [0.15, 0.2) is 140 Å². The first-order chi connectivity index (χ1) is 19.8.